The Morgan fingerprint density at radius 1 is 0.433 bits per heavy atom. The maximum atomic E-state index is 9.97. The van der Waals surface area contributed by atoms with E-state index < -0.39 is 58.4 Å². The van der Waals surface area contributed by atoms with Crippen LogP contribution in [0.3, 0.4) is 0 Å². The molecule has 0 unspecified atom stereocenters. The second-order valence-corrected chi connectivity index (χ2v) is 11.6. The van der Waals surface area contributed by atoms with E-state index in [-0.39, 0.29) is 0 Å². The van der Waals surface area contributed by atoms with E-state index in [0.717, 1.165) is 0 Å². The Bertz CT molecular complexity index is 472. The van der Waals surface area contributed by atoms with Gasteiger partial charge in [-0.15, -0.1) is 0 Å². The van der Waals surface area contributed by atoms with Gasteiger partial charge < -0.3 is 39.4 Å². The molecule has 0 saturated carbocycles. The average Bonchev–Trinajstić information content (AvgIpc) is 2.94. The van der Waals surface area contributed by atoms with Crippen LogP contribution in [0.25, 0.3) is 0 Å². The highest BCUT2D eigenvalue weighted by atomic mass is 16.8. The lowest BCUT2D eigenvalue weighted by Crippen LogP contribution is -2.51. The molecule has 0 radical (unpaired) electrons. The molecule has 0 bridgehead atoms. The lowest BCUT2D eigenvalue weighted by molar-refractivity contribution is -0.171. The zero-order valence-electron chi connectivity index (χ0n) is 20.7. The van der Waals surface area contributed by atoms with Crippen molar-refractivity contribution in [2.75, 3.05) is 0 Å². The maximum absolute atomic E-state index is 9.97. The van der Waals surface area contributed by atoms with Crippen LogP contribution >= 0.6 is 0 Å². The number of aliphatic hydroxyl groups is 4. The number of rotatable bonds is 4. The fourth-order valence-electron chi connectivity index (χ4n) is 3.58. The molecule has 0 aromatic heterocycles. The van der Waals surface area contributed by atoms with E-state index in [2.05, 4.69) is 0 Å². The summed E-state index contributed by atoms with van der Waals surface area (Å²) in [5.41, 5.74) is -4.17. The van der Waals surface area contributed by atoms with E-state index in [1.165, 1.54) is 0 Å². The van der Waals surface area contributed by atoms with Crippen LogP contribution < -0.4 is 0 Å². The molecule has 4 N–H and O–H groups in total. The lowest BCUT2D eigenvalue weighted by atomic mass is 9.88. The third kappa shape index (κ3) is 7.38. The molecule has 0 aromatic carbocycles. The molecule has 2 rings (SSSR count). The van der Waals surface area contributed by atoms with E-state index >= 15 is 0 Å². The second kappa shape index (κ2) is 8.23. The molecule has 2 aliphatic rings. The lowest BCUT2D eigenvalue weighted by Gasteiger charge is -2.34. The Morgan fingerprint density at radius 2 is 0.567 bits per heavy atom. The Morgan fingerprint density at radius 3 is 0.667 bits per heavy atom. The quantitative estimate of drug-likeness (QED) is 0.529. The van der Waals surface area contributed by atoms with E-state index in [0.29, 0.717) is 0 Å². The van der Waals surface area contributed by atoms with Crippen molar-refractivity contribution in [3.63, 3.8) is 0 Å². The van der Waals surface area contributed by atoms with Crippen LogP contribution in [-0.4, -0.2) is 78.8 Å². The van der Waals surface area contributed by atoms with Gasteiger partial charge in [0.25, 0.3) is 0 Å². The summed E-state index contributed by atoms with van der Waals surface area (Å²) >= 11 is 0. The topological polar surface area (TPSA) is 118 Å². The van der Waals surface area contributed by atoms with Gasteiger partial charge in [0.2, 0.25) is 0 Å². The largest absolute Gasteiger partial charge is 0.388 e. The first-order valence-electron chi connectivity index (χ1n) is 10.5. The normalized spacial score (nSPS) is 32.0. The van der Waals surface area contributed by atoms with Gasteiger partial charge in [0.1, 0.15) is 24.4 Å². The monoisotopic (exact) mass is 436 g/mol. The summed E-state index contributed by atoms with van der Waals surface area (Å²) in [7, 11) is 0. The maximum Gasteiger partial charge on any atom is 0.164 e. The Hall–Kier alpha value is -0.320. The molecular weight excluding hydrogens is 392 g/mol. The van der Waals surface area contributed by atoms with Crippen molar-refractivity contribution in [1.29, 1.82) is 0 Å². The molecule has 180 valence electrons. The number of hydrogen-bond acceptors (Lipinski definition) is 8. The van der Waals surface area contributed by atoms with Crippen molar-refractivity contribution < 1.29 is 39.4 Å². The fourth-order valence-corrected chi connectivity index (χ4v) is 3.58. The van der Waals surface area contributed by atoms with Gasteiger partial charge >= 0.3 is 0 Å². The Balaban J connectivity index is 0.000000300. The first kappa shape index (κ1) is 27.7. The van der Waals surface area contributed by atoms with Crippen molar-refractivity contribution in [3.05, 3.63) is 0 Å². The summed E-state index contributed by atoms with van der Waals surface area (Å²) in [5, 5.41) is 39.9. The Kier molecular flexibility index (Phi) is 7.60. The highest BCUT2D eigenvalue weighted by Crippen LogP contribution is 2.39. The molecule has 0 spiro atoms. The minimum Gasteiger partial charge on any atom is -0.388 e. The van der Waals surface area contributed by atoms with E-state index in [4.69, 9.17) is 18.9 Å². The summed E-state index contributed by atoms with van der Waals surface area (Å²) in [6.45, 7) is 20.3. The molecule has 2 fully saturated rings. The molecule has 8 heteroatoms. The van der Waals surface area contributed by atoms with Gasteiger partial charge in [-0.3, -0.25) is 0 Å². The van der Waals surface area contributed by atoms with Crippen LogP contribution in [0, 0.1) is 0 Å². The number of ether oxygens (including phenoxy) is 4. The van der Waals surface area contributed by atoms with Gasteiger partial charge in [0.05, 0.1) is 22.4 Å². The van der Waals surface area contributed by atoms with Gasteiger partial charge in [-0.1, -0.05) is 0 Å². The van der Waals surface area contributed by atoms with Gasteiger partial charge in [-0.05, 0) is 83.1 Å². The van der Waals surface area contributed by atoms with Crippen LogP contribution in [-0.2, 0) is 18.9 Å². The van der Waals surface area contributed by atoms with Crippen LogP contribution in [0.5, 0.6) is 0 Å². The van der Waals surface area contributed by atoms with Gasteiger partial charge in [0.15, 0.2) is 11.6 Å². The molecule has 2 aliphatic heterocycles. The van der Waals surface area contributed by atoms with Gasteiger partial charge in [0, 0.05) is 0 Å². The molecule has 4 atom stereocenters. The molecule has 2 heterocycles. The molecule has 0 aliphatic carbocycles. The smallest absolute Gasteiger partial charge is 0.164 e. The van der Waals surface area contributed by atoms with Crippen molar-refractivity contribution in [2.24, 2.45) is 0 Å². The first-order chi connectivity index (χ1) is 12.9. The third-order valence-corrected chi connectivity index (χ3v) is 4.98. The summed E-state index contributed by atoms with van der Waals surface area (Å²) in [6.07, 6.45) is -2.14. The van der Waals surface area contributed by atoms with Crippen molar-refractivity contribution >= 4 is 0 Å². The fraction of sp³-hybridized carbons (Fsp3) is 1.00. The van der Waals surface area contributed by atoms with Crippen molar-refractivity contribution in [1.82, 2.24) is 0 Å². The van der Waals surface area contributed by atoms with E-state index in [1.54, 1.807) is 83.1 Å². The number of hydrogen-bond donors (Lipinski definition) is 4. The SMILES string of the molecule is CC1(C)O[C@@H](C(C)(C)O)[C@H](C(C)(C)O)O1.CC1(C)O[C@@H](C(C)(C)O)[C@H](C(C)(C)O)O1. The Labute approximate surface area is 181 Å². The molecule has 0 amide bonds. The van der Waals surface area contributed by atoms with Gasteiger partial charge in [-0.2, -0.15) is 0 Å². The molecule has 0 aromatic rings. The molecule has 8 nitrogen and oxygen atoms in total. The predicted molar refractivity (Wildman–Crippen MR) is 113 cm³/mol. The van der Waals surface area contributed by atoms with Crippen LogP contribution in [0.2, 0.25) is 0 Å². The summed E-state index contributed by atoms with van der Waals surface area (Å²) in [6, 6.07) is 0. The predicted octanol–water partition coefficient (Wildman–Crippen LogP) is 2.10. The van der Waals surface area contributed by atoms with Gasteiger partial charge in [-0.25, -0.2) is 0 Å². The third-order valence-electron chi connectivity index (χ3n) is 4.98. The standard InChI is InChI=1S/2C11H22O4/c2*1-9(2,12)7-8(10(3,4)13)15-11(5,6)14-7/h2*7-8,12-13H,1-6H3/t2*7-,8-/m11/s1. The summed E-state index contributed by atoms with van der Waals surface area (Å²) in [4.78, 5) is 0. The molecule has 2 saturated heterocycles. The minimum atomic E-state index is -1.04. The highest BCUT2D eigenvalue weighted by Gasteiger charge is 2.54. The van der Waals surface area contributed by atoms with Crippen LogP contribution in [0.15, 0.2) is 0 Å². The molecule has 30 heavy (non-hydrogen) atoms. The van der Waals surface area contributed by atoms with E-state index in [9.17, 15) is 20.4 Å². The average molecular weight is 437 g/mol. The zero-order chi connectivity index (χ0) is 24.1. The summed E-state index contributed by atoms with van der Waals surface area (Å²) < 4.78 is 22.5. The van der Waals surface area contributed by atoms with Crippen LogP contribution in [0.4, 0.5) is 0 Å². The van der Waals surface area contributed by atoms with Crippen molar-refractivity contribution in [3.8, 4) is 0 Å². The second-order valence-electron chi connectivity index (χ2n) is 11.6. The van der Waals surface area contributed by atoms with Crippen LogP contribution in [0.1, 0.15) is 83.1 Å². The van der Waals surface area contributed by atoms with Crippen molar-refractivity contribution in [2.45, 2.75) is 141 Å². The first-order valence-corrected chi connectivity index (χ1v) is 10.5. The molecular formula is C22H44O8. The zero-order valence-corrected chi connectivity index (χ0v) is 20.7. The minimum absolute atomic E-state index is 0.535. The summed E-state index contributed by atoms with van der Waals surface area (Å²) in [5.74, 6) is -1.54. The van der Waals surface area contributed by atoms with E-state index in [1.807, 2.05) is 0 Å². The highest BCUT2D eigenvalue weighted by molar-refractivity contribution is 4.99.